The highest BCUT2D eigenvalue weighted by Gasteiger charge is 2.34. The van der Waals surface area contributed by atoms with Gasteiger partial charge in [0.1, 0.15) is 0 Å². The monoisotopic (exact) mass is 386 g/mol. The summed E-state index contributed by atoms with van der Waals surface area (Å²) in [5.74, 6) is 0. The Bertz CT molecular complexity index is 821. The first-order valence-corrected chi connectivity index (χ1v) is 9.33. The number of hydrogen-bond acceptors (Lipinski definition) is 4. The highest BCUT2D eigenvalue weighted by atomic mass is 32.1. The lowest BCUT2D eigenvalue weighted by molar-refractivity contribution is 0.654. The van der Waals surface area contributed by atoms with Gasteiger partial charge in [0.25, 0.3) is 0 Å². The molecule has 0 aliphatic heterocycles. The van der Waals surface area contributed by atoms with E-state index in [0.717, 1.165) is 30.7 Å². The van der Waals surface area contributed by atoms with E-state index in [0.29, 0.717) is 0 Å². The highest BCUT2D eigenvalue weighted by molar-refractivity contribution is 7.84. The maximum absolute atomic E-state index is 4.74. The van der Waals surface area contributed by atoms with Crippen molar-refractivity contribution in [2.24, 2.45) is 0 Å². The van der Waals surface area contributed by atoms with Gasteiger partial charge in [0, 0.05) is 25.0 Å². The first kappa shape index (κ1) is 17.9. The normalized spacial score (nSPS) is 11.5. The maximum Gasteiger partial charge on any atom is 0.0446 e. The Morgan fingerprint density at radius 3 is 1.50 bits per heavy atom. The summed E-state index contributed by atoms with van der Waals surface area (Å²) in [6, 6.07) is 22.6. The van der Waals surface area contributed by atoms with Gasteiger partial charge >= 0.3 is 0 Å². The third-order valence-corrected chi connectivity index (χ3v) is 6.52. The molecule has 0 aliphatic carbocycles. The fourth-order valence-corrected chi connectivity index (χ4v) is 4.26. The van der Waals surface area contributed by atoms with E-state index in [9.17, 15) is 0 Å². The Balaban J connectivity index is 2.38. The molecule has 3 aromatic carbocycles. The SMILES string of the molecule is CC(c1ccccc1)(c1cccc(S)c1S)c1cccc(S)c1S. The van der Waals surface area contributed by atoms with Crippen molar-refractivity contribution >= 4 is 50.5 Å². The van der Waals surface area contributed by atoms with E-state index < -0.39 is 5.41 Å². The van der Waals surface area contributed by atoms with Gasteiger partial charge in [-0.2, -0.15) is 0 Å². The van der Waals surface area contributed by atoms with Crippen LogP contribution in [0.5, 0.6) is 0 Å². The molecular formula is C20H18S4. The average Bonchev–Trinajstić information content (AvgIpc) is 2.60. The highest BCUT2D eigenvalue weighted by Crippen LogP contribution is 2.45. The molecule has 0 nitrogen and oxygen atoms in total. The van der Waals surface area contributed by atoms with Crippen molar-refractivity contribution in [3.05, 3.63) is 83.4 Å². The summed E-state index contributed by atoms with van der Waals surface area (Å²) in [7, 11) is 0. The van der Waals surface area contributed by atoms with Gasteiger partial charge in [-0.05, 0) is 35.7 Å². The minimum Gasteiger partial charge on any atom is -0.142 e. The minimum atomic E-state index is -0.410. The maximum atomic E-state index is 4.74. The summed E-state index contributed by atoms with van der Waals surface area (Å²) >= 11 is 18.6. The molecule has 0 saturated carbocycles. The second-order valence-corrected chi connectivity index (χ2v) is 7.70. The first-order chi connectivity index (χ1) is 11.5. The Morgan fingerprint density at radius 1 is 0.583 bits per heavy atom. The number of rotatable bonds is 3. The van der Waals surface area contributed by atoms with Crippen LogP contribution >= 0.6 is 50.5 Å². The van der Waals surface area contributed by atoms with Gasteiger partial charge in [-0.25, -0.2) is 0 Å². The van der Waals surface area contributed by atoms with Crippen molar-refractivity contribution in [3.8, 4) is 0 Å². The van der Waals surface area contributed by atoms with Crippen LogP contribution in [0.25, 0.3) is 0 Å². The molecule has 0 amide bonds. The van der Waals surface area contributed by atoms with Crippen LogP contribution in [-0.2, 0) is 5.41 Å². The van der Waals surface area contributed by atoms with Gasteiger partial charge in [0.15, 0.2) is 0 Å². The van der Waals surface area contributed by atoms with Crippen LogP contribution in [0.1, 0.15) is 23.6 Å². The van der Waals surface area contributed by atoms with Crippen molar-refractivity contribution in [1.82, 2.24) is 0 Å². The minimum absolute atomic E-state index is 0.410. The second-order valence-electron chi connectivity index (χ2n) is 5.84. The molecule has 24 heavy (non-hydrogen) atoms. The van der Waals surface area contributed by atoms with E-state index >= 15 is 0 Å². The van der Waals surface area contributed by atoms with Gasteiger partial charge in [0.2, 0.25) is 0 Å². The van der Waals surface area contributed by atoms with E-state index in [1.54, 1.807) is 0 Å². The molecule has 0 radical (unpaired) electrons. The summed E-state index contributed by atoms with van der Waals surface area (Å²) in [4.78, 5) is 3.48. The van der Waals surface area contributed by atoms with Crippen LogP contribution in [0.4, 0.5) is 0 Å². The lowest BCUT2D eigenvalue weighted by Gasteiger charge is -2.34. The van der Waals surface area contributed by atoms with E-state index in [1.807, 2.05) is 30.3 Å². The molecule has 4 heteroatoms. The molecule has 0 aromatic heterocycles. The predicted octanol–water partition coefficient (Wildman–Crippen LogP) is 6.20. The molecule has 0 spiro atoms. The van der Waals surface area contributed by atoms with Crippen molar-refractivity contribution in [2.75, 3.05) is 0 Å². The molecule has 0 heterocycles. The van der Waals surface area contributed by atoms with E-state index in [2.05, 4.69) is 68.6 Å². The summed E-state index contributed by atoms with van der Waals surface area (Å²) in [5, 5.41) is 0. The Hall–Kier alpha value is -0.940. The molecule has 0 unspecified atom stereocenters. The number of thiol groups is 4. The van der Waals surface area contributed by atoms with Crippen LogP contribution < -0.4 is 0 Å². The van der Waals surface area contributed by atoms with Crippen LogP contribution in [0.3, 0.4) is 0 Å². The third-order valence-electron chi connectivity index (χ3n) is 4.46. The van der Waals surface area contributed by atoms with Crippen molar-refractivity contribution in [1.29, 1.82) is 0 Å². The fraction of sp³-hybridized carbons (Fsp3) is 0.100. The summed E-state index contributed by atoms with van der Waals surface area (Å²) in [6.07, 6.45) is 0. The summed E-state index contributed by atoms with van der Waals surface area (Å²) in [6.45, 7) is 2.20. The van der Waals surface area contributed by atoms with Gasteiger partial charge < -0.3 is 0 Å². The Labute approximate surface area is 165 Å². The lowest BCUT2D eigenvalue weighted by atomic mass is 9.71. The van der Waals surface area contributed by atoms with Crippen LogP contribution in [0.15, 0.2) is 86.3 Å². The third kappa shape index (κ3) is 3.01. The molecule has 0 fully saturated rings. The quantitative estimate of drug-likeness (QED) is 0.299. The topological polar surface area (TPSA) is 0 Å². The van der Waals surface area contributed by atoms with Gasteiger partial charge in [-0.3, -0.25) is 0 Å². The summed E-state index contributed by atoms with van der Waals surface area (Å²) in [5.41, 5.74) is 2.96. The molecule has 122 valence electrons. The van der Waals surface area contributed by atoms with Crippen molar-refractivity contribution < 1.29 is 0 Å². The predicted molar refractivity (Wildman–Crippen MR) is 114 cm³/mol. The number of hydrogen-bond donors (Lipinski definition) is 4. The first-order valence-electron chi connectivity index (χ1n) is 7.54. The smallest absolute Gasteiger partial charge is 0.0446 e. The van der Waals surface area contributed by atoms with Crippen LogP contribution in [-0.4, -0.2) is 0 Å². The van der Waals surface area contributed by atoms with Gasteiger partial charge in [0.05, 0.1) is 0 Å². The standard InChI is InChI=1S/C20H18S4/c1-20(13-7-3-2-4-8-13,14-9-5-11-16(21)18(14)23)15-10-6-12-17(22)19(15)24/h2-12,21-24H,1H3. The molecule has 0 N–H and O–H groups in total. The molecular weight excluding hydrogens is 368 g/mol. The zero-order valence-corrected chi connectivity index (χ0v) is 16.7. The van der Waals surface area contributed by atoms with E-state index in [1.165, 1.54) is 5.56 Å². The van der Waals surface area contributed by atoms with E-state index in [-0.39, 0.29) is 0 Å². The molecule has 0 aliphatic rings. The van der Waals surface area contributed by atoms with Gasteiger partial charge in [-0.1, -0.05) is 54.6 Å². The Kier molecular flexibility index (Phi) is 5.30. The zero-order valence-electron chi connectivity index (χ0n) is 13.1. The fourth-order valence-electron chi connectivity index (χ4n) is 3.10. The van der Waals surface area contributed by atoms with Gasteiger partial charge in [-0.15, -0.1) is 50.5 Å². The molecule has 0 atom stereocenters. The average molecular weight is 387 g/mol. The van der Waals surface area contributed by atoms with E-state index in [4.69, 9.17) is 25.3 Å². The Morgan fingerprint density at radius 2 is 1.04 bits per heavy atom. The number of benzene rings is 3. The van der Waals surface area contributed by atoms with Crippen molar-refractivity contribution in [3.63, 3.8) is 0 Å². The molecule has 3 aromatic rings. The summed E-state index contributed by atoms with van der Waals surface area (Å²) < 4.78 is 0. The molecule has 3 rings (SSSR count). The van der Waals surface area contributed by atoms with Crippen molar-refractivity contribution in [2.45, 2.75) is 31.9 Å². The largest absolute Gasteiger partial charge is 0.142 e. The van der Waals surface area contributed by atoms with Crippen LogP contribution in [0, 0.1) is 0 Å². The zero-order chi connectivity index (χ0) is 17.3. The second kappa shape index (κ2) is 7.12. The lowest BCUT2D eigenvalue weighted by Crippen LogP contribution is -2.26. The molecule has 0 saturated heterocycles. The molecule has 0 bridgehead atoms. The van der Waals surface area contributed by atoms with Crippen LogP contribution in [0.2, 0.25) is 0 Å².